The first-order valence-corrected chi connectivity index (χ1v) is 8.03. The minimum atomic E-state index is 0.108. The third-order valence-corrected chi connectivity index (χ3v) is 4.48. The number of hydrogen-bond donors (Lipinski definition) is 0. The molecular formula is C18H18BrNO. The molecule has 0 N–H and O–H groups in total. The predicted octanol–water partition coefficient (Wildman–Crippen LogP) is 5.04. The lowest BCUT2D eigenvalue weighted by atomic mass is 9.97. The van der Waals surface area contributed by atoms with Crippen LogP contribution in [0.5, 0.6) is 0 Å². The van der Waals surface area contributed by atoms with E-state index in [1.165, 1.54) is 16.8 Å². The Hall–Kier alpha value is -1.61. The summed E-state index contributed by atoms with van der Waals surface area (Å²) < 4.78 is 1.00. The van der Waals surface area contributed by atoms with E-state index in [4.69, 9.17) is 0 Å². The van der Waals surface area contributed by atoms with Crippen molar-refractivity contribution < 1.29 is 4.79 Å². The van der Waals surface area contributed by atoms with Crippen molar-refractivity contribution in [2.24, 2.45) is 0 Å². The van der Waals surface area contributed by atoms with Gasteiger partial charge in [-0.25, -0.2) is 0 Å². The van der Waals surface area contributed by atoms with Crippen molar-refractivity contribution in [3.05, 3.63) is 57.6 Å². The maximum Gasteiger partial charge on any atom is 0.161 e. The fourth-order valence-electron chi connectivity index (χ4n) is 3.00. The van der Waals surface area contributed by atoms with Crippen molar-refractivity contribution in [1.29, 1.82) is 0 Å². The average molecular weight is 344 g/mol. The van der Waals surface area contributed by atoms with E-state index >= 15 is 0 Å². The molecule has 2 nitrogen and oxygen atoms in total. The number of fused-ring (bicyclic) bond motifs is 1. The summed E-state index contributed by atoms with van der Waals surface area (Å²) in [6, 6.07) is 12.5. The summed E-state index contributed by atoms with van der Waals surface area (Å²) >= 11 is 3.53. The Morgan fingerprint density at radius 2 is 1.95 bits per heavy atom. The fraction of sp³-hybridized carbons (Fsp3) is 0.278. The molecule has 21 heavy (non-hydrogen) atoms. The van der Waals surface area contributed by atoms with Crippen molar-refractivity contribution in [3.63, 3.8) is 0 Å². The first kappa shape index (κ1) is 14.3. The molecule has 0 radical (unpaired) electrons. The van der Waals surface area contributed by atoms with Crippen molar-refractivity contribution >= 4 is 33.1 Å². The van der Waals surface area contributed by atoms with Gasteiger partial charge in [-0.1, -0.05) is 33.6 Å². The van der Waals surface area contributed by atoms with Crippen LogP contribution in [0, 0.1) is 6.92 Å². The number of rotatable bonds is 2. The SMILES string of the molecule is CC(=O)c1ccc(Br)cc1N1CCCc2cc(C)ccc21. The number of aryl methyl sites for hydroxylation is 2. The first-order chi connectivity index (χ1) is 10.1. The molecule has 0 saturated heterocycles. The number of anilines is 2. The van der Waals surface area contributed by atoms with Crippen molar-refractivity contribution in [2.45, 2.75) is 26.7 Å². The molecule has 3 rings (SSSR count). The molecule has 1 aliphatic heterocycles. The number of halogens is 1. The third-order valence-electron chi connectivity index (χ3n) is 3.98. The lowest BCUT2D eigenvalue weighted by Crippen LogP contribution is -2.26. The van der Waals surface area contributed by atoms with Crippen LogP contribution in [-0.2, 0) is 6.42 Å². The van der Waals surface area contributed by atoms with Gasteiger partial charge in [0.2, 0.25) is 0 Å². The molecule has 0 atom stereocenters. The molecule has 2 aromatic rings. The minimum absolute atomic E-state index is 0.108. The molecule has 0 amide bonds. The van der Waals surface area contributed by atoms with Gasteiger partial charge in [-0.15, -0.1) is 0 Å². The highest BCUT2D eigenvalue weighted by Gasteiger charge is 2.21. The van der Waals surface area contributed by atoms with Crippen LogP contribution in [0.1, 0.15) is 34.8 Å². The number of Topliss-reactive ketones (excluding diaryl/α,β-unsaturated/α-hetero) is 1. The Labute approximate surface area is 133 Å². The number of ketones is 1. The maximum atomic E-state index is 11.9. The second-order valence-electron chi connectivity index (χ2n) is 5.61. The van der Waals surface area contributed by atoms with E-state index in [0.29, 0.717) is 0 Å². The van der Waals surface area contributed by atoms with Crippen LogP contribution in [0.3, 0.4) is 0 Å². The van der Waals surface area contributed by atoms with Gasteiger partial charge in [0, 0.05) is 22.3 Å². The van der Waals surface area contributed by atoms with Crippen LogP contribution in [0.15, 0.2) is 40.9 Å². The Bertz CT molecular complexity index is 708. The zero-order chi connectivity index (χ0) is 15.0. The standard InChI is InChI=1S/C18H18BrNO/c1-12-5-8-17-14(10-12)4-3-9-20(17)18-11-15(19)6-7-16(18)13(2)21/h5-8,10-11H,3-4,9H2,1-2H3. The van der Waals surface area contributed by atoms with Gasteiger partial charge in [-0.2, -0.15) is 0 Å². The van der Waals surface area contributed by atoms with E-state index in [0.717, 1.165) is 35.1 Å². The van der Waals surface area contributed by atoms with Crippen molar-refractivity contribution in [3.8, 4) is 0 Å². The molecule has 0 bridgehead atoms. The second-order valence-corrected chi connectivity index (χ2v) is 6.52. The van der Waals surface area contributed by atoms with Crippen LogP contribution in [0.25, 0.3) is 0 Å². The fourth-order valence-corrected chi connectivity index (χ4v) is 3.35. The molecule has 2 aromatic carbocycles. The third kappa shape index (κ3) is 2.75. The average Bonchev–Trinajstić information content (AvgIpc) is 2.45. The van der Waals surface area contributed by atoms with Gasteiger partial charge < -0.3 is 4.90 Å². The van der Waals surface area contributed by atoms with Crippen LogP contribution in [-0.4, -0.2) is 12.3 Å². The monoisotopic (exact) mass is 343 g/mol. The summed E-state index contributed by atoms with van der Waals surface area (Å²) in [5, 5.41) is 0. The maximum absolute atomic E-state index is 11.9. The molecule has 1 heterocycles. The van der Waals surface area contributed by atoms with Crippen LogP contribution in [0.2, 0.25) is 0 Å². The van der Waals surface area contributed by atoms with Crippen LogP contribution < -0.4 is 4.90 Å². The van der Waals surface area contributed by atoms with Gasteiger partial charge in [0.15, 0.2) is 5.78 Å². The van der Waals surface area contributed by atoms with Crippen LogP contribution >= 0.6 is 15.9 Å². The van der Waals surface area contributed by atoms with Gasteiger partial charge in [0.05, 0.1) is 5.69 Å². The van der Waals surface area contributed by atoms with Crippen molar-refractivity contribution in [1.82, 2.24) is 0 Å². The highest BCUT2D eigenvalue weighted by Crippen LogP contribution is 2.37. The van der Waals surface area contributed by atoms with E-state index in [-0.39, 0.29) is 5.78 Å². The molecule has 108 valence electrons. The van der Waals surface area contributed by atoms with E-state index in [1.807, 2.05) is 18.2 Å². The minimum Gasteiger partial charge on any atom is -0.341 e. The zero-order valence-corrected chi connectivity index (χ0v) is 13.9. The lowest BCUT2D eigenvalue weighted by molar-refractivity contribution is 0.101. The van der Waals surface area contributed by atoms with Gasteiger partial charge in [0.1, 0.15) is 0 Å². The van der Waals surface area contributed by atoms with Gasteiger partial charge in [-0.3, -0.25) is 4.79 Å². The molecular weight excluding hydrogens is 326 g/mol. The second kappa shape index (κ2) is 5.64. The van der Waals surface area contributed by atoms with E-state index in [2.05, 4.69) is 46.0 Å². The highest BCUT2D eigenvalue weighted by molar-refractivity contribution is 9.10. The quantitative estimate of drug-likeness (QED) is 0.711. The summed E-state index contributed by atoms with van der Waals surface area (Å²) in [5.74, 6) is 0.108. The molecule has 0 aromatic heterocycles. The summed E-state index contributed by atoms with van der Waals surface area (Å²) in [6.07, 6.45) is 2.22. The topological polar surface area (TPSA) is 20.3 Å². The summed E-state index contributed by atoms with van der Waals surface area (Å²) in [5.41, 5.74) is 5.67. The molecule has 0 fully saturated rings. The van der Waals surface area contributed by atoms with Gasteiger partial charge in [-0.05, 0) is 56.5 Å². The number of hydrogen-bond acceptors (Lipinski definition) is 2. The molecule has 3 heteroatoms. The zero-order valence-electron chi connectivity index (χ0n) is 12.3. The van der Waals surface area contributed by atoms with Gasteiger partial charge >= 0.3 is 0 Å². The molecule has 0 saturated carbocycles. The highest BCUT2D eigenvalue weighted by atomic mass is 79.9. The van der Waals surface area contributed by atoms with Gasteiger partial charge in [0.25, 0.3) is 0 Å². The van der Waals surface area contributed by atoms with E-state index in [1.54, 1.807) is 6.92 Å². The first-order valence-electron chi connectivity index (χ1n) is 7.24. The lowest BCUT2D eigenvalue weighted by Gasteiger charge is -2.33. The molecule has 0 spiro atoms. The normalized spacial score (nSPS) is 14.0. The number of carbonyl (C=O) groups is 1. The summed E-state index contributed by atoms with van der Waals surface area (Å²) in [4.78, 5) is 14.2. The number of carbonyl (C=O) groups excluding carboxylic acids is 1. The largest absolute Gasteiger partial charge is 0.341 e. The number of nitrogens with zero attached hydrogens (tertiary/aromatic N) is 1. The summed E-state index contributed by atoms with van der Waals surface area (Å²) in [7, 11) is 0. The Balaban J connectivity index is 2.15. The molecule has 1 aliphatic rings. The Morgan fingerprint density at radius 3 is 2.71 bits per heavy atom. The smallest absolute Gasteiger partial charge is 0.161 e. The van der Waals surface area contributed by atoms with Crippen LogP contribution in [0.4, 0.5) is 11.4 Å². The molecule has 0 unspecified atom stereocenters. The summed E-state index contributed by atoms with van der Waals surface area (Å²) in [6.45, 7) is 4.71. The van der Waals surface area contributed by atoms with Crippen molar-refractivity contribution in [2.75, 3.05) is 11.4 Å². The number of benzene rings is 2. The van der Waals surface area contributed by atoms with E-state index in [9.17, 15) is 4.79 Å². The Kier molecular flexibility index (Phi) is 3.85. The Morgan fingerprint density at radius 1 is 1.14 bits per heavy atom. The predicted molar refractivity (Wildman–Crippen MR) is 90.7 cm³/mol. The van der Waals surface area contributed by atoms with E-state index < -0.39 is 0 Å². The molecule has 0 aliphatic carbocycles.